The Morgan fingerprint density at radius 3 is 2.42 bits per heavy atom. The SMILES string of the molecule is CSc1ccc(C(N)c2c(Cl)cnn2C(C)C)cc1. The highest BCUT2D eigenvalue weighted by atomic mass is 35.5. The lowest BCUT2D eigenvalue weighted by Crippen LogP contribution is -2.19. The second-order valence-corrected chi connectivity index (χ2v) is 5.95. The molecule has 0 spiro atoms. The van der Waals surface area contributed by atoms with Crippen molar-refractivity contribution in [2.75, 3.05) is 6.26 Å². The standard InChI is InChI=1S/C14H18ClN3S/c1-9(2)18-14(12(15)8-17-18)13(16)10-4-6-11(19-3)7-5-10/h4-9,13H,16H2,1-3H3. The summed E-state index contributed by atoms with van der Waals surface area (Å²) >= 11 is 7.94. The Labute approximate surface area is 123 Å². The van der Waals surface area contributed by atoms with Crippen LogP contribution in [0.4, 0.5) is 0 Å². The lowest BCUT2D eigenvalue weighted by molar-refractivity contribution is 0.499. The predicted octanol–water partition coefficient (Wildman–Crippen LogP) is 3.89. The second kappa shape index (κ2) is 5.99. The van der Waals surface area contributed by atoms with Crippen molar-refractivity contribution < 1.29 is 0 Å². The van der Waals surface area contributed by atoms with Crippen LogP contribution >= 0.6 is 23.4 Å². The first-order chi connectivity index (χ1) is 9.04. The van der Waals surface area contributed by atoms with Crippen molar-refractivity contribution >= 4 is 23.4 Å². The minimum Gasteiger partial charge on any atom is -0.319 e. The Morgan fingerprint density at radius 2 is 1.89 bits per heavy atom. The molecule has 0 saturated heterocycles. The third kappa shape index (κ3) is 2.96. The Bertz CT molecular complexity index is 548. The quantitative estimate of drug-likeness (QED) is 0.870. The van der Waals surface area contributed by atoms with Gasteiger partial charge in [0.25, 0.3) is 0 Å². The number of halogens is 1. The zero-order valence-electron chi connectivity index (χ0n) is 11.3. The van der Waals surface area contributed by atoms with Gasteiger partial charge in [0.2, 0.25) is 0 Å². The Morgan fingerprint density at radius 1 is 1.26 bits per heavy atom. The van der Waals surface area contributed by atoms with E-state index in [1.165, 1.54) is 4.90 Å². The van der Waals surface area contributed by atoms with Gasteiger partial charge in [-0.15, -0.1) is 11.8 Å². The van der Waals surface area contributed by atoms with Gasteiger partial charge < -0.3 is 5.73 Å². The minimum absolute atomic E-state index is 0.235. The van der Waals surface area contributed by atoms with Crippen LogP contribution < -0.4 is 5.73 Å². The number of thioether (sulfide) groups is 1. The molecule has 0 amide bonds. The van der Waals surface area contributed by atoms with E-state index in [9.17, 15) is 0 Å². The van der Waals surface area contributed by atoms with Crippen LogP contribution in [0.5, 0.6) is 0 Å². The average Bonchev–Trinajstić information content (AvgIpc) is 2.80. The van der Waals surface area contributed by atoms with Crippen molar-refractivity contribution in [3.05, 3.63) is 46.7 Å². The molecule has 102 valence electrons. The molecular formula is C14H18ClN3S. The first-order valence-electron chi connectivity index (χ1n) is 6.17. The van der Waals surface area contributed by atoms with Gasteiger partial charge >= 0.3 is 0 Å². The summed E-state index contributed by atoms with van der Waals surface area (Å²) in [7, 11) is 0. The molecule has 2 rings (SSSR count). The third-order valence-electron chi connectivity index (χ3n) is 3.05. The van der Waals surface area contributed by atoms with Crippen molar-refractivity contribution in [1.82, 2.24) is 9.78 Å². The number of hydrogen-bond acceptors (Lipinski definition) is 3. The van der Waals surface area contributed by atoms with Crippen molar-refractivity contribution in [1.29, 1.82) is 0 Å². The number of aromatic nitrogens is 2. The Hall–Kier alpha value is -0.970. The highest BCUT2D eigenvalue weighted by Gasteiger charge is 2.19. The molecule has 1 aromatic heterocycles. The van der Waals surface area contributed by atoms with E-state index in [1.807, 2.05) is 16.8 Å². The molecule has 1 unspecified atom stereocenters. The van der Waals surface area contributed by atoms with Crippen LogP contribution in [0.25, 0.3) is 0 Å². The van der Waals surface area contributed by atoms with Crippen LogP contribution in [-0.2, 0) is 0 Å². The van der Waals surface area contributed by atoms with Gasteiger partial charge in [0.05, 0.1) is 23.0 Å². The first kappa shape index (κ1) is 14.4. The molecule has 2 N–H and O–H groups in total. The summed E-state index contributed by atoms with van der Waals surface area (Å²) in [6.45, 7) is 4.13. The fourth-order valence-electron chi connectivity index (χ4n) is 2.02. The van der Waals surface area contributed by atoms with E-state index in [2.05, 4.69) is 37.3 Å². The Balaban J connectivity index is 2.37. The molecule has 0 saturated carbocycles. The van der Waals surface area contributed by atoms with Crippen molar-refractivity contribution in [3.63, 3.8) is 0 Å². The maximum absolute atomic E-state index is 6.34. The molecule has 3 nitrogen and oxygen atoms in total. The van der Waals surface area contributed by atoms with Crippen LogP contribution in [0.2, 0.25) is 5.02 Å². The van der Waals surface area contributed by atoms with E-state index in [1.54, 1.807) is 18.0 Å². The molecule has 5 heteroatoms. The van der Waals surface area contributed by atoms with Gasteiger partial charge in [-0.3, -0.25) is 4.68 Å². The predicted molar refractivity (Wildman–Crippen MR) is 81.9 cm³/mol. The van der Waals surface area contributed by atoms with E-state index >= 15 is 0 Å². The summed E-state index contributed by atoms with van der Waals surface area (Å²) in [5.41, 5.74) is 8.25. The highest BCUT2D eigenvalue weighted by Crippen LogP contribution is 2.29. The third-order valence-corrected chi connectivity index (χ3v) is 4.08. The number of nitrogens with two attached hydrogens (primary N) is 1. The molecule has 1 aromatic carbocycles. The zero-order valence-corrected chi connectivity index (χ0v) is 12.9. The van der Waals surface area contributed by atoms with Crippen LogP contribution in [0.15, 0.2) is 35.4 Å². The Kier molecular flexibility index (Phi) is 4.55. The topological polar surface area (TPSA) is 43.8 Å². The summed E-state index contributed by atoms with van der Waals surface area (Å²) in [6.07, 6.45) is 3.71. The van der Waals surface area contributed by atoms with E-state index in [4.69, 9.17) is 17.3 Å². The minimum atomic E-state index is -0.256. The number of benzene rings is 1. The number of hydrogen-bond donors (Lipinski definition) is 1. The average molecular weight is 296 g/mol. The van der Waals surface area contributed by atoms with Crippen LogP contribution in [0, 0.1) is 0 Å². The van der Waals surface area contributed by atoms with Crippen molar-refractivity contribution in [3.8, 4) is 0 Å². The maximum atomic E-state index is 6.34. The van der Waals surface area contributed by atoms with Crippen LogP contribution in [0.1, 0.15) is 37.2 Å². The van der Waals surface area contributed by atoms with E-state index in [0.717, 1.165) is 11.3 Å². The van der Waals surface area contributed by atoms with Gasteiger partial charge in [-0.1, -0.05) is 23.7 Å². The maximum Gasteiger partial charge on any atom is 0.0837 e. The van der Waals surface area contributed by atoms with Crippen molar-refractivity contribution in [2.45, 2.75) is 30.8 Å². The zero-order chi connectivity index (χ0) is 14.0. The lowest BCUT2D eigenvalue weighted by atomic mass is 10.0. The molecule has 2 aromatic rings. The molecule has 0 aliphatic heterocycles. The monoisotopic (exact) mass is 295 g/mol. The van der Waals surface area contributed by atoms with Crippen LogP contribution in [-0.4, -0.2) is 16.0 Å². The summed E-state index contributed by atoms with van der Waals surface area (Å²) in [6, 6.07) is 8.22. The lowest BCUT2D eigenvalue weighted by Gasteiger charge is -2.18. The molecule has 0 radical (unpaired) electrons. The number of rotatable bonds is 4. The summed E-state index contributed by atoms with van der Waals surface area (Å²) in [4.78, 5) is 1.22. The van der Waals surface area contributed by atoms with Gasteiger partial charge in [0, 0.05) is 10.9 Å². The second-order valence-electron chi connectivity index (χ2n) is 4.67. The fraction of sp³-hybridized carbons (Fsp3) is 0.357. The van der Waals surface area contributed by atoms with E-state index in [0.29, 0.717) is 5.02 Å². The molecular weight excluding hydrogens is 278 g/mol. The van der Waals surface area contributed by atoms with E-state index in [-0.39, 0.29) is 12.1 Å². The molecule has 1 heterocycles. The molecule has 0 aliphatic carbocycles. The van der Waals surface area contributed by atoms with Gasteiger partial charge in [-0.25, -0.2) is 0 Å². The molecule has 1 atom stereocenters. The van der Waals surface area contributed by atoms with Gasteiger partial charge in [-0.2, -0.15) is 5.10 Å². The molecule has 0 aliphatic rings. The summed E-state index contributed by atoms with van der Waals surface area (Å²) in [5, 5.41) is 4.92. The van der Waals surface area contributed by atoms with Crippen LogP contribution in [0.3, 0.4) is 0 Å². The van der Waals surface area contributed by atoms with E-state index < -0.39 is 0 Å². The fourth-order valence-corrected chi connectivity index (χ4v) is 2.68. The summed E-state index contributed by atoms with van der Waals surface area (Å²) < 4.78 is 1.88. The summed E-state index contributed by atoms with van der Waals surface area (Å²) in [5.74, 6) is 0. The normalized spacial score (nSPS) is 12.9. The molecule has 0 bridgehead atoms. The van der Waals surface area contributed by atoms with Gasteiger partial charge in [0.1, 0.15) is 0 Å². The smallest absolute Gasteiger partial charge is 0.0837 e. The highest BCUT2D eigenvalue weighted by molar-refractivity contribution is 7.98. The molecule has 0 fully saturated rings. The largest absolute Gasteiger partial charge is 0.319 e. The first-order valence-corrected chi connectivity index (χ1v) is 7.77. The van der Waals surface area contributed by atoms with Gasteiger partial charge in [0.15, 0.2) is 0 Å². The molecule has 19 heavy (non-hydrogen) atoms. The number of nitrogens with zero attached hydrogens (tertiary/aromatic N) is 2. The van der Waals surface area contributed by atoms with Gasteiger partial charge in [-0.05, 0) is 37.8 Å². The van der Waals surface area contributed by atoms with Crippen molar-refractivity contribution in [2.24, 2.45) is 5.73 Å².